The standard InChI is InChI=1S/C26H32N2O3/c1-6-7-8-15-28(23-18(16(2)3)11-9-12-19(23)17(4)5)26(31)21-14-10-13-20-22(21)25(30)27-24(20)29/h9-14,16-17H,6-8,15H2,1-5H3,(H,27,29,30). The number of benzene rings is 2. The van der Waals surface area contributed by atoms with E-state index in [4.69, 9.17) is 0 Å². The number of amides is 3. The Kier molecular flexibility index (Phi) is 6.94. The molecule has 3 amide bonds. The lowest BCUT2D eigenvalue weighted by Gasteiger charge is -2.31. The highest BCUT2D eigenvalue weighted by Crippen LogP contribution is 2.37. The van der Waals surface area contributed by atoms with Crippen molar-refractivity contribution in [2.45, 2.75) is 65.7 Å². The lowest BCUT2D eigenvalue weighted by Crippen LogP contribution is -2.35. The summed E-state index contributed by atoms with van der Waals surface area (Å²) in [4.78, 5) is 40.4. The summed E-state index contributed by atoms with van der Waals surface area (Å²) in [5.74, 6) is -0.702. The maximum absolute atomic E-state index is 13.9. The van der Waals surface area contributed by atoms with Crippen LogP contribution in [0.5, 0.6) is 0 Å². The lowest BCUT2D eigenvalue weighted by atomic mass is 9.91. The van der Waals surface area contributed by atoms with Crippen LogP contribution in [0.4, 0.5) is 5.69 Å². The molecule has 0 aromatic heterocycles. The van der Waals surface area contributed by atoms with E-state index >= 15 is 0 Å². The van der Waals surface area contributed by atoms with Gasteiger partial charge >= 0.3 is 0 Å². The molecule has 0 saturated heterocycles. The van der Waals surface area contributed by atoms with E-state index in [9.17, 15) is 14.4 Å². The molecule has 0 saturated carbocycles. The van der Waals surface area contributed by atoms with Crippen LogP contribution in [0.3, 0.4) is 0 Å². The Morgan fingerprint density at radius 1 is 0.903 bits per heavy atom. The highest BCUT2D eigenvalue weighted by Gasteiger charge is 2.34. The topological polar surface area (TPSA) is 66.5 Å². The zero-order chi connectivity index (χ0) is 22.7. The number of fused-ring (bicyclic) bond motifs is 1. The van der Waals surface area contributed by atoms with Gasteiger partial charge in [-0.2, -0.15) is 0 Å². The van der Waals surface area contributed by atoms with Crippen LogP contribution in [0.25, 0.3) is 0 Å². The molecule has 0 radical (unpaired) electrons. The van der Waals surface area contributed by atoms with Crippen molar-refractivity contribution in [3.63, 3.8) is 0 Å². The third kappa shape index (κ3) is 4.41. The van der Waals surface area contributed by atoms with E-state index in [2.05, 4.69) is 58.1 Å². The number of carbonyl (C=O) groups is 3. The second-order valence-electron chi connectivity index (χ2n) is 8.77. The summed E-state index contributed by atoms with van der Waals surface area (Å²) >= 11 is 0. The zero-order valence-electron chi connectivity index (χ0n) is 19.1. The monoisotopic (exact) mass is 420 g/mol. The molecular formula is C26H32N2O3. The van der Waals surface area contributed by atoms with E-state index in [1.165, 1.54) is 0 Å². The van der Waals surface area contributed by atoms with Crippen molar-refractivity contribution >= 4 is 23.4 Å². The highest BCUT2D eigenvalue weighted by molar-refractivity contribution is 6.26. The molecule has 5 heteroatoms. The van der Waals surface area contributed by atoms with Gasteiger partial charge in [0.05, 0.1) is 22.4 Å². The minimum absolute atomic E-state index is 0.186. The predicted octanol–water partition coefficient (Wildman–Crippen LogP) is 5.65. The van der Waals surface area contributed by atoms with Crippen molar-refractivity contribution in [3.05, 3.63) is 64.2 Å². The SMILES string of the molecule is CCCCCN(C(=O)c1cccc2c1C(=O)NC2=O)c1c(C(C)C)cccc1C(C)C. The molecule has 2 aromatic rings. The molecule has 5 nitrogen and oxygen atoms in total. The molecule has 0 unspecified atom stereocenters. The molecule has 164 valence electrons. The van der Waals surface area contributed by atoms with E-state index in [0.29, 0.717) is 6.54 Å². The number of nitrogens with one attached hydrogen (secondary N) is 1. The Morgan fingerprint density at radius 3 is 2.10 bits per heavy atom. The molecule has 0 atom stereocenters. The third-order valence-electron chi connectivity index (χ3n) is 5.84. The van der Waals surface area contributed by atoms with Gasteiger partial charge in [-0.1, -0.05) is 71.7 Å². The Bertz CT molecular complexity index is 981. The molecule has 0 bridgehead atoms. The van der Waals surface area contributed by atoms with Crippen molar-refractivity contribution in [2.24, 2.45) is 0 Å². The Labute approximate surface area is 184 Å². The van der Waals surface area contributed by atoms with Gasteiger partial charge in [0.25, 0.3) is 17.7 Å². The molecule has 1 N–H and O–H groups in total. The maximum Gasteiger partial charge on any atom is 0.259 e. The first-order valence-corrected chi connectivity index (χ1v) is 11.2. The fraction of sp³-hybridized carbons (Fsp3) is 0.423. The van der Waals surface area contributed by atoms with Gasteiger partial charge in [0.1, 0.15) is 0 Å². The second-order valence-corrected chi connectivity index (χ2v) is 8.77. The summed E-state index contributed by atoms with van der Waals surface area (Å²) < 4.78 is 0. The van der Waals surface area contributed by atoms with E-state index in [0.717, 1.165) is 36.1 Å². The number of para-hydroxylation sites is 1. The van der Waals surface area contributed by atoms with Crippen molar-refractivity contribution in [1.29, 1.82) is 0 Å². The van der Waals surface area contributed by atoms with Crippen LogP contribution in [-0.2, 0) is 0 Å². The fourth-order valence-corrected chi connectivity index (χ4v) is 4.20. The summed E-state index contributed by atoms with van der Waals surface area (Å²) in [7, 11) is 0. The van der Waals surface area contributed by atoms with E-state index < -0.39 is 11.8 Å². The van der Waals surface area contributed by atoms with Crippen LogP contribution >= 0.6 is 0 Å². The van der Waals surface area contributed by atoms with Gasteiger partial charge in [0.15, 0.2) is 0 Å². The van der Waals surface area contributed by atoms with Crippen molar-refractivity contribution in [2.75, 3.05) is 11.4 Å². The molecule has 0 spiro atoms. The molecule has 0 aliphatic carbocycles. The normalized spacial score (nSPS) is 13.0. The first-order valence-electron chi connectivity index (χ1n) is 11.2. The molecule has 1 heterocycles. The first-order chi connectivity index (χ1) is 14.8. The summed E-state index contributed by atoms with van der Waals surface area (Å²) in [6.45, 7) is 11.2. The highest BCUT2D eigenvalue weighted by atomic mass is 16.2. The number of hydrogen-bond donors (Lipinski definition) is 1. The minimum Gasteiger partial charge on any atom is -0.308 e. The molecular weight excluding hydrogens is 388 g/mol. The van der Waals surface area contributed by atoms with Crippen molar-refractivity contribution < 1.29 is 14.4 Å². The maximum atomic E-state index is 13.9. The van der Waals surface area contributed by atoms with E-state index in [-0.39, 0.29) is 34.4 Å². The fourth-order valence-electron chi connectivity index (χ4n) is 4.20. The quantitative estimate of drug-likeness (QED) is 0.443. The van der Waals surface area contributed by atoms with Crippen LogP contribution in [0.1, 0.15) is 108 Å². The van der Waals surface area contributed by atoms with Crippen LogP contribution < -0.4 is 10.2 Å². The molecule has 3 rings (SSSR count). The predicted molar refractivity (Wildman–Crippen MR) is 124 cm³/mol. The van der Waals surface area contributed by atoms with Gasteiger partial charge in [-0.05, 0) is 41.5 Å². The lowest BCUT2D eigenvalue weighted by molar-refractivity contribution is 0.0874. The molecule has 31 heavy (non-hydrogen) atoms. The van der Waals surface area contributed by atoms with Crippen LogP contribution in [-0.4, -0.2) is 24.3 Å². The van der Waals surface area contributed by atoms with Gasteiger partial charge in [-0.15, -0.1) is 0 Å². The molecule has 1 aliphatic heterocycles. The average molecular weight is 421 g/mol. The van der Waals surface area contributed by atoms with Gasteiger partial charge < -0.3 is 4.90 Å². The summed E-state index contributed by atoms with van der Waals surface area (Å²) in [6.07, 6.45) is 2.92. The van der Waals surface area contributed by atoms with Crippen molar-refractivity contribution in [1.82, 2.24) is 5.32 Å². The second kappa shape index (κ2) is 9.46. The number of unbranched alkanes of at least 4 members (excludes halogenated alkanes) is 2. The van der Waals surface area contributed by atoms with Crippen LogP contribution in [0.15, 0.2) is 36.4 Å². The van der Waals surface area contributed by atoms with Crippen molar-refractivity contribution in [3.8, 4) is 0 Å². The van der Waals surface area contributed by atoms with Gasteiger partial charge in [0.2, 0.25) is 0 Å². The summed E-state index contributed by atoms with van der Waals surface area (Å²) in [6, 6.07) is 11.1. The van der Waals surface area contributed by atoms with E-state index in [1.807, 2.05) is 4.90 Å². The number of nitrogens with zero attached hydrogens (tertiary/aromatic N) is 1. The number of imide groups is 1. The van der Waals surface area contributed by atoms with Crippen LogP contribution in [0.2, 0.25) is 0 Å². The summed E-state index contributed by atoms with van der Waals surface area (Å²) in [5.41, 5.74) is 3.91. The smallest absolute Gasteiger partial charge is 0.259 e. The van der Waals surface area contributed by atoms with Crippen LogP contribution in [0, 0.1) is 0 Å². The molecule has 1 aliphatic rings. The Balaban J connectivity index is 2.18. The minimum atomic E-state index is -0.501. The zero-order valence-corrected chi connectivity index (χ0v) is 19.1. The first kappa shape index (κ1) is 22.7. The molecule has 2 aromatic carbocycles. The molecule has 0 fully saturated rings. The third-order valence-corrected chi connectivity index (χ3v) is 5.84. The average Bonchev–Trinajstić information content (AvgIpc) is 3.04. The largest absolute Gasteiger partial charge is 0.308 e. The number of carbonyl (C=O) groups excluding carboxylic acids is 3. The number of anilines is 1. The van der Waals surface area contributed by atoms with Gasteiger partial charge in [-0.3, -0.25) is 19.7 Å². The van der Waals surface area contributed by atoms with Gasteiger partial charge in [-0.25, -0.2) is 0 Å². The van der Waals surface area contributed by atoms with E-state index in [1.54, 1.807) is 18.2 Å². The summed E-state index contributed by atoms with van der Waals surface area (Å²) in [5, 5.41) is 2.32. The van der Waals surface area contributed by atoms with Gasteiger partial charge in [0, 0.05) is 6.54 Å². The number of rotatable bonds is 8. The Morgan fingerprint density at radius 2 is 1.52 bits per heavy atom. The number of hydrogen-bond acceptors (Lipinski definition) is 3. The Hall–Kier alpha value is -2.95.